The third-order valence-corrected chi connectivity index (χ3v) is 7.48. The van der Waals surface area contributed by atoms with E-state index in [0.717, 1.165) is 35.3 Å². The molecule has 3 aromatic rings. The molecule has 2 aromatic carbocycles. The van der Waals surface area contributed by atoms with Gasteiger partial charge in [0.1, 0.15) is 17.4 Å². The molecule has 1 aliphatic carbocycles. The predicted octanol–water partition coefficient (Wildman–Crippen LogP) is 5.83. The lowest BCUT2D eigenvalue weighted by Crippen LogP contribution is -2.27. The number of rotatable bonds is 6. The number of benzene rings is 2. The number of carbonyl (C=O) groups is 2. The standard InChI is InChI=1S/C27H30N2O3S/c1-27(2,3)19-12-13-21-22(15-19)33-26(23(21)24(28)30)29-25(31)18-10-7-11-20(14-18)32-16-17-8-5-4-6-9-17/h4-11,14,19H,12-13,15-16H2,1-3H3,(H2,28,30)(H,29,31)/t19-/m1/s1. The molecule has 0 bridgehead atoms. The molecule has 1 aliphatic rings. The molecule has 33 heavy (non-hydrogen) atoms. The number of hydrogen-bond donors (Lipinski definition) is 2. The summed E-state index contributed by atoms with van der Waals surface area (Å²) in [5.74, 6) is 0.372. The molecule has 1 aromatic heterocycles. The Morgan fingerprint density at radius 1 is 1.12 bits per heavy atom. The van der Waals surface area contributed by atoms with Crippen LogP contribution in [0.15, 0.2) is 54.6 Å². The average molecular weight is 463 g/mol. The number of anilines is 1. The summed E-state index contributed by atoms with van der Waals surface area (Å²) in [6.45, 7) is 7.17. The normalized spacial score (nSPS) is 15.5. The molecule has 0 saturated heterocycles. The van der Waals surface area contributed by atoms with Crippen LogP contribution in [0.4, 0.5) is 5.00 Å². The second-order valence-electron chi connectivity index (χ2n) is 9.63. The van der Waals surface area contributed by atoms with E-state index in [1.807, 2.05) is 36.4 Å². The largest absolute Gasteiger partial charge is 0.489 e. The number of nitrogens with two attached hydrogens (primary N) is 1. The van der Waals surface area contributed by atoms with Gasteiger partial charge in [0.25, 0.3) is 11.8 Å². The van der Waals surface area contributed by atoms with Crippen LogP contribution in [-0.4, -0.2) is 11.8 Å². The SMILES string of the molecule is CC(C)(C)[C@@H]1CCc2c(sc(NC(=O)c3cccc(OCc4ccccc4)c3)c2C(N)=O)C1. The van der Waals surface area contributed by atoms with Crippen molar-refractivity contribution in [3.63, 3.8) is 0 Å². The Morgan fingerprint density at radius 2 is 1.88 bits per heavy atom. The first kappa shape index (κ1) is 23.1. The molecule has 0 unspecified atom stereocenters. The Balaban J connectivity index is 1.52. The first-order chi connectivity index (χ1) is 15.7. The number of carbonyl (C=O) groups excluding carboxylic acids is 2. The summed E-state index contributed by atoms with van der Waals surface area (Å²) in [5.41, 5.74) is 8.91. The van der Waals surface area contributed by atoms with E-state index < -0.39 is 5.91 Å². The van der Waals surface area contributed by atoms with Gasteiger partial charge >= 0.3 is 0 Å². The molecule has 6 heteroatoms. The first-order valence-electron chi connectivity index (χ1n) is 11.2. The number of amides is 2. The molecular formula is C27H30N2O3S. The van der Waals surface area contributed by atoms with Crippen LogP contribution >= 0.6 is 11.3 Å². The van der Waals surface area contributed by atoms with Crippen molar-refractivity contribution in [3.05, 3.63) is 81.7 Å². The minimum atomic E-state index is -0.489. The molecule has 5 nitrogen and oxygen atoms in total. The van der Waals surface area contributed by atoms with Gasteiger partial charge in [-0.05, 0) is 59.9 Å². The van der Waals surface area contributed by atoms with Crippen LogP contribution < -0.4 is 15.8 Å². The number of hydrogen-bond acceptors (Lipinski definition) is 4. The summed E-state index contributed by atoms with van der Waals surface area (Å²) in [4.78, 5) is 26.5. The fourth-order valence-electron chi connectivity index (χ4n) is 4.32. The van der Waals surface area contributed by atoms with Crippen LogP contribution in [0.3, 0.4) is 0 Å². The molecule has 172 valence electrons. The van der Waals surface area contributed by atoms with Gasteiger partial charge in [-0.2, -0.15) is 0 Å². The van der Waals surface area contributed by atoms with Gasteiger partial charge in [0.05, 0.1) is 5.56 Å². The van der Waals surface area contributed by atoms with Crippen LogP contribution in [0.1, 0.15) is 63.9 Å². The van der Waals surface area contributed by atoms with Gasteiger partial charge < -0.3 is 15.8 Å². The van der Waals surface area contributed by atoms with Crippen LogP contribution in [0.2, 0.25) is 0 Å². The Morgan fingerprint density at radius 3 is 2.58 bits per heavy atom. The van der Waals surface area contributed by atoms with Crippen LogP contribution in [0, 0.1) is 11.3 Å². The molecule has 0 radical (unpaired) electrons. The molecule has 3 N–H and O–H groups in total. The van der Waals surface area contributed by atoms with Crippen LogP contribution in [0.5, 0.6) is 5.75 Å². The zero-order chi connectivity index (χ0) is 23.6. The van der Waals surface area contributed by atoms with Crippen molar-refractivity contribution in [1.82, 2.24) is 0 Å². The van der Waals surface area contributed by atoms with E-state index in [-0.39, 0.29) is 11.3 Å². The summed E-state index contributed by atoms with van der Waals surface area (Å²) in [5, 5.41) is 3.49. The van der Waals surface area contributed by atoms with Crippen LogP contribution in [-0.2, 0) is 19.4 Å². The highest BCUT2D eigenvalue weighted by atomic mass is 32.1. The van der Waals surface area contributed by atoms with Gasteiger partial charge in [-0.25, -0.2) is 0 Å². The molecule has 1 heterocycles. The fraction of sp³-hybridized carbons (Fsp3) is 0.333. The van der Waals surface area contributed by atoms with E-state index in [4.69, 9.17) is 10.5 Å². The topological polar surface area (TPSA) is 81.4 Å². The maximum absolute atomic E-state index is 13.0. The Kier molecular flexibility index (Phi) is 6.56. The van der Waals surface area contributed by atoms with Crippen molar-refractivity contribution in [2.75, 3.05) is 5.32 Å². The highest BCUT2D eigenvalue weighted by Crippen LogP contribution is 2.44. The molecule has 0 fully saturated rings. The number of fused-ring (bicyclic) bond motifs is 1. The van der Waals surface area contributed by atoms with Gasteiger partial charge in [-0.3, -0.25) is 9.59 Å². The molecule has 2 amide bonds. The van der Waals surface area contributed by atoms with Crippen molar-refractivity contribution in [1.29, 1.82) is 0 Å². The van der Waals surface area contributed by atoms with E-state index in [9.17, 15) is 9.59 Å². The van der Waals surface area contributed by atoms with Crippen molar-refractivity contribution < 1.29 is 14.3 Å². The second kappa shape index (κ2) is 9.40. The number of ether oxygens (including phenoxy) is 1. The lowest BCUT2D eigenvalue weighted by Gasteiger charge is -2.33. The van der Waals surface area contributed by atoms with E-state index in [2.05, 4.69) is 26.1 Å². The zero-order valence-corrected chi connectivity index (χ0v) is 20.1. The van der Waals surface area contributed by atoms with Crippen molar-refractivity contribution in [2.45, 2.75) is 46.6 Å². The first-order valence-corrected chi connectivity index (χ1v) is 12.1. The average Bonchev–Trinajstić information content (AvgIpc) is 3.15. The number of primary amides is 1. The van der Waals surface area contributed by atoms with Gasteiger partial charge in [0, 0.05) is 10.4 Å². The summed E-state index contributed by atoms with van der Waals surface area (Å²) in [6.07, 6.45) is 2.73. The van der Waals surface area contributed by atoms with E-state index in [1.165, 1.54) is 11.3 Å². The lowest BCUT2D eigenvalue weighted by molar-refractivity contribution is 0.1000. The van der Waals surface area contributed by atoms with E-state index >= 15 is 0 Å². The monoisotopic (exact) mass is 462 g/mol. The summed E-state index contributed by atoms with van der Waals surface area (Å²) in [7, 11) is 0. The van der Waals surface area contributed by atoms with Crippen molar-refractivity contribution in [3.8, 4) is 5.75 Å². The minimum Gasteiger partial charge on any atom is -0.489 e. The predicted molar refractivity (Wildman–Crippen MR) is 133 cm³/mol. The molecule has 4 rings (SSSR count). The maximum Gasteiger partial charge on any atom is 0.256 e. The van der Waals surface area contributed by atoms with Gasteiger partial charge in [0.15, 0.2) is 0 Å². The smallest absolute Gasteiger partial charge is 0.256 e. The third-order valence-electron chi connectivity index (χ3n) is 6.31. The van der Waals surface area contributed by atoms with Crippen LogP contribution in [0.25, 0.3) is 0 Å². The summed E-state index contributed by atoms with van der Waals surface area (Å²) < 4.78 is 5.85. The van der Waals surface area contributed by atoms with E-state index in [1.54, 1.807) is 18.2 Å². The summed E-state index contributed by atoms with van der Waals surface area (Å²) >= 11 is 1.48. The highest BCUT2D eigenvalue weighted by Gasteiger charge is 2.33. The molecular weight excluding hydrogens is 432 g/mol. The Labute approximate surface area is 199 Å². The molecule has 0 aliphatic heterocycles. The minimum absolute atomic E-state index is 0.193. The Hall–Kier alpha value is -3.12. The third kappa shape index (κ3) is 5.28. The number of thiophene rings is 1. The van der Waals surface area contributed by atoms with Crippen molar-refractivity contribution in [2.24, 2.45) is 17.1 Å². The molecule has 0 spiro atoms. The van der Waals surface area contributed by atoms with Gasteiger partial charge in [0.2, 0.25) is 0 Å². The highest BCUT2D eigenvalue weighted by molar-refractivity contribution is 7.17. The second-order valence-corrected chi connectivity index (χ2v) is 10.7. The van der Waals surface area contributed by atoms with E-state index in [0.29, 0.717) is 34.4 Å². The fourth-order valence-corrected chi connectivity index (χ4v) is 5.64. The quantitative estimate of drug-likeness (QED) is 0.484. The zero-order valence-electron chi connectivity index (χ0n) is 19.3. The lowest BCUT2D eigenvalue weighted by atomic mass is 9.72. The van der Waals surface area contributed by atoms with Crippen molar-refractivity contribution >= 4 is 28.2 Å². The number of nitrogens with one attached hydrogen (secondary N) is 1. The molecule has 1 atom stereocenters. The summed E-state index contributed by atoms with van der Waals surface area (Å²) in [6, 6.07) is 16.9. The molecule has 0 saturated carbocycles. The maximum atomic E-state index is 13.0. The van der Waals surface area contributed by atoms with Gasteiger partial charge in [-0.1, -0.05) is 57.2 Å². The Bertz CT molecular complexity index is 1160. The van der Waals surface area contributed by atoms with Gasteiger partial charge in [-0.15, -0.1) is 11.3 Å².